The summed E-state index contributed by atoms with van der Waals surface area (Å²) >= 11 is 6.88. The molecule has 0 saturated carbocycles. The molecule has 0 bridgehead atoms. The zero-order valence-corrected chi connectivity index (χ0v) is 27.3. The van der Waals surface area contributed by atoms with Crippen molar-refractivity contribution in [3.63, 3.8) is 0 Å². The first kappa shape index (κ1) is 31.6. The second-order valence-corrected chi connectivity index (χ2v) is 16.3. The van der Waals surface area contributed by atoms with Gasteiger partial charge in [0, 0.05) is 16.5 Å². The average Bonchev–Trinajstić information content (AvgIpc) is 2.85. The Balaban J connectivity index is 2.04. The van der Waals surface area contributed by atoms with E-state index in [1.54, 1.807) is 0 Å². The van der Waals surface area contributed by atoms with Crippen molar-refractivity contribution in [1.29, 1.82) is 0 Å². The maximum Gasteiger partial charge on any atom is 0.283 e. The molecule has 3 aromatic rings. The third kappa shape index (κ3) is 8.30. The van der Waals surface area contributed by atoms with Gasteiger partial charge in [0.25, 0.3) is 9.04 Å². The molecule has 2 N–H and O–H groups in total. The lowest BCUT2D eigenvalue weighted by Gasteiger charge is -2.48. The third-order valence-electron chi connectivity index (χ3n) is 7.73. The van der Waals surface area contributed by atoms with E-state index in [0.717, 1.165) is 23.4 Å². The summed E-state index contributed by atoms with van der Waals surface area (Å²) in [6, 6.07) is 27.8. The van der Waals surface area contributed by atoms with Gasteiger partial charge in [-0.25, -0.2) is 0 Å². The van der Waals surface area contributed by atoms with Gasteiger partial charge in [-0.1, -0.05) is 140 Å². The van der Waals surface area contributed by atoms with Gasteiger partial charge in [-0.3, -0.25) is 0 Å². The van der Waals surface area contributed by atoms with Gasteiger partial charge in [0.1, 0.15) is 0 Å². The topological polar surface area (TPSA) is 35.2 Å². The van der Waals surface area contributed by atoms with E-state index >= 15 is 0 Å². The average molecular weight is 563 g/mol. The van der Waals surface area contributed by atoms with Crippen LogP contribution in [0.15, 0.2) is 78.9 Å². The molecule has 3 aromatic carbocycles. The van der Waals surface area contributed by atoms with E-state index in [1.807, 2.05) is 0 Å². The van der Waals surface area contributed by atoms with Crippen molar-refractivity contribution in [2.24, 2.45) is 28.4 Å². The maximum atomic E-state index is 7.37. The molecule has 0 amide bonds. The molecule has 0 spiro atoms. The molecule has 39 heavy (non-hydrogen) atoms. The van der Waals surface area contributed by atoms with E-state index in [1.165, 1.54) is 15.9 Å². The second-order valence-electron chi connectivity index (χ2n) is 13.9. The van der Waals surface area contributed by atoms with Gasteiger partial charge in [-0.05, 0) is 64.1 Å². The fourth-order valence-corrected chi connectivity index (χ4v) is 8.17. The SMILES string of the molecule is CC(C)[C@@H](C(O[Si](c1ccccc1)c1ccccc1)C(C)(C)C)C(C)(N)c1ccc(CCC(C)(C)C)c(Cl)c1. The Morgan fingerprint density at radius 1 is 0.795 bits per heavy atom. The van der Waals surface area contributed by atoms with Crippen LogP contribution in [0.2, 0.25) is 5.02 Å². The van der Waals surface area contributed by atoms with Crippen molar-refractivity contribution in [2.45, 2.75) is 86.8 Å². The first-order chi connectivity index (χ1) is 18.1. The monoisotopic (exact) mass is 562 g/mol. The van der Waals surface area contributed by atoms with Crippen molar-refractivity contribution < 1.29 is 4.43 Å². The lowest BCUT2D eigenvalue weighted by Crippen LogP contribution is -2.58. The summed E-state index contributed by atoms with van der Waals surface area (Å²) in [5.41, 5.74) is 9.12. The van der Waals surface area contributed by atoms with Gasteiger partial charge in [0.15, 0.2) is 0 Å². The standard InChI is InChI=1S/C35H49ClNOSi/c1-25(2)31(35(9,37)27-21-20-26(30(36)24-27)22-23-33(3,4)5)32(34(6,7)8)38-39(28-16-12-10-13-17-28)29-18-14-11-15-19-29/h10-21,24-25,31-32H,22-23,37H2,1-9H3/t31-,32?,35?/m0/s1. The molecule has 0 aliphatic rings. The summed E-state index contributed by atoms with van der Waals surface area (Å²) in [4.78, 5) is 0. The normalized spacial score (nSPS) is 15.8. The lowest BCUT2D eigenvalue weighted by atomic mass is 9.66. The van der Waals surface area contributed by atoms with Crippen LogP contribution in [0.5, 0.6) is 0 Å². The Hall–Kier alpha value is -1.91. The van der Waals surface area contributed by atoms with Crippen molar-refractivity contribution >= 4 is 31.0 Å². The number of aryl methyl sites for hydroxylation is 1. The summed E-state index contributed by atoms with van der Waals surface area (Å²) in [5, 5.41) is 3.30. The van der Waals surface area contributed by atoms with Gasteiger partial charge in [-0.15, -0.1) is 0 Å². The lowest BCUT2D eigenvalue weighted by molar-refractivity contribution is -0.0187. The number of benzene rings is 3. The molecule has 3 atom stereocenters. The van der Waals surface area contributed by atoms with Gasteiger partial charge < -0.3 is 10.2 Å². The third-order valence-corrected chi connectivity index (χ3v) is 10.3. The zero-order chi connectivity index (χ0) is 29.0. The van der Waals surface area contributed by atoms with Crippen molar-refractivity contribution in [3.8, 4) is 0 Å². The molecular formula is C35H49ClNOSi. The molecule has 2 unspecified atom stereocenters. The van der Waals surface area contributed by atoms with E-state index in [2.05, 4.69) is 141 Å². The predicted octanol–water partition coefficient (Wildman–Crippen LogP) is 8.00. The quantitative estimate of drug-likeness (QED) is 0.254. The van der Waals surface area contributed by atoms with E-state index in [9.17, 15) is 0 Å². The molecule has 0 heterocycles. The zero-order valence-electron chi connectivity index (χ0n) is 25.5. The second kappa shape index (κ2) is 12.7. The number of hydrogen-bond acceptors (Lipinski definition) is 2. The summed E-state index contributed by atoms with van der Waals surface area (Å²) in [6.07, 6.45) is 1.97. The number of nitrogens with two attached hydrogens (primary N) is 1. The Bertz CT molecular complexity index is 1140. The molecule has 0 aliphatic heterocycles. The summed E-state index contributed by atoms with van der Waals surface area (Å²) in [7, 11) is -1.52. The van der Waals surface area contributed by atoms with Gasteiger partial charge in [-0.2, -0.15) is 0 Å². The summed E-state index contributed by atoms with van der Waals surface area (Å²) in [5.74, 6) is 0.347. The molecule has 0 aliphatic carbocycles. The highest BCUT2D eigenvalue weighted by atomic mass is 35.5. The summed E-state index contributed by atoms with van der Waals surface area (Å²) in [6.45, 7) is 20.4. The van der Waals surface area contributed by atoms with E-state index in [4.69, 9.17) is 21.8 Å². The number of halogens is 1. The van der Waals surface area contributed by atoms with Gasteiger partial charge in [0.05, 0.1) is 6.10 Å². The number of rotatable bonds is 10. The highest BCUT2D eigenvalue weighted by Gasteiger charge is 2.46. The highest BCUT2D eigenvalue weighted by molar-refractivity contribution is 6.80. The van der Waals surface area contributed by atoms with Crippen molar-refractivity contribution in [2.75, 3.05) is 0 Å². The van der Waals surface area contributed by atoms with Crippen LogP contribution in [0, 0.1) is 22.7 Å². The van der Waals surface area contributed by atoms with Crippen LogP contribution in [0.25, 0.3) is 0 Å². The van der Waals surface area contributed by atoms with Gasteiger partial charge >= 0.3 is 0 Å². The minimum Gasteiger partial charge on any atom is -0.403 e. The predicted molar refractivity (Wildman–Crippen MR) is 171 cm³/mol. The summed E-state index contributed by atoms with van der Waals surface area (Å²) < 4.78 is 7.34. The van der Waals surface area contributed by atoms with Gasteiger partial charge in [0.2, 0.25) is 0 Å². The Morgan fingerprint density at radius 3 is 1.72 bits per heavy atom. The molecule has 4 heteroatoms. The van der Waals surface area contributed by atoms with Crippen LogP contribution < -0.4 is 16.1 Å². The molecule has 211 valence electrons. The number of hydrogen-bond donors (Lipinski definition) is 1. The van der Waals surface area contributed by atoms with Crippen LogP contribution in [-0.4, -0.2) is 15.1 Å². The van der Waals surface area contributed by atoms with E-state index in [0.29, 0.717) is 5.92 Å². The molecule has 0 aromatic heterocycles. The molecule has 0 fully saturated rings. The fraction of sp³-hybridized carbons (Fsp3) is 0.486. The first-order valence-electron chi connectivity index (χ1n) is 14.3. The van der Waals surface area contributed by atoms with E-state index in [-0.39, 0.29) is 22.9 Å². The van der Waals surface area contributed by atoms with Crippen LogP contribution in [0.4, 0.5) is 0 Å². The molecule has 3 rings (SSSR count). The smallest absolute Gasteiger partial charge is 0.283 e. The Kier molecular flexibility index (Phi) is 10.3. The van der Waals surface area contributed by atoms with E-state index < -0.39 is 14.6 Å². The molecular weight excluding hydrogens is 514 g/mol. The Morgan fingerprint density at radius 2 is 1.31 bits per heavy atom. The minimum atomic E-state index is -1.52. The first-order valence-corrected chi connectivity index (χ1v) is 16.1. The van der Waals surface area contributed by atoms with Crippen LogP contribution in [0.1, 0.15) is 79.9 Å². The fourth-order valence-electron chi connectivity index (χ4n) is 5.54. The largest absolute Gasteiger partial charge is 0.403 e. The van der Waals surface area contributed by atoms with Crippen molar-refractivity contribution in [1.82, 2.24) is 0 Å². The minimum absolute atomic E-state index is 0.0569. The Labute approximate surface area is 245 Å². The van der Waals surface area contributed by atoms with Crippen LogP contribution >= 0.6 is 11.6 Å². The van der Waals surface area contributed by atoms with Crippen LogP contribution in [0.3, 0.4) is 0 Å². The molecule has 2 nitrogen and oxygen atoms in total. The van der Waals surface area contributed by atoms with Crippen molar-refractivity contribution in [3.05, 3.63) is 95.0 Å². The molecule has 0 saturated heterocycles. The highest BCUT2D eigenvalue weighted by Crippen LogP contribution is 2.43. The maximum absolute atomic E-state index is 7.37. The molecule has 1 radical (unpaired) electrons. The van der Waals surface area contributed by atoms with Crippen LogP contribution in [-0.2, 0) is 16.4 Å².